The maximum Gasteiger partial charge on any atom is 0.221 e. The number of rotatable bonds is 12. The highest BCUT2D eigenvalue weighted by Crippen LogP contribution is 2.21. The molecule has 1 aromatic heterocycles. The van der Waals surface area contributed by atoms with Crippen molar-refractivity contribution in [3.63, 3.8) is 0 Å². The van der Waals surface area contributed by atoms with Crippen LogP contribution in [0.2, 0.25) is 0 Å². The molecule has 7 heteroatoms. The van der Waals surface area contributed by atoms with Gasteiger partial charge in [0.05, 0.1) is 0 Å². The van der Waals surface area contributed by atoms with Gasteiger partial charge in [0.2, 0.25) is 11.0 Å². The van der Waals surface area contributed by atoms with Crippen molar-refractivity contribution in [3.05, 3.63) is 77.1 Å². The number of carbonyl (C=O) groups is 1. The molecule has 2 aromatic carbocycles. The molecule has 1 amide bonds. The molecular formula is C29H39N5OS. The maximum atomic E-state index is 12.8. The van der Waals surface area contributed by atoms with Crippen molar-refractivity contribution >= 4 is 22.6 Å². The average molecular weight is 506 g/mol. The highest BCUT2D eigenvalue weighted by molar-refractivity contribution is 7.09. The van der Waals surface area contributed by atoms with E-state index in [1.807, 2.05) is 0 Å². The minimum Gasteiger partial charge on any atom is -0.353 e. The lowest BCUT2D eigenvalue weighted by Crippen LogP contribution is -2.45. The van der Waals surface area contributed by atoms with Crippen LogP contribution in [0, 0.1) is 6.92 Å². The summed E-state index contributed by atoms with van der Waals surface area (Å²) >= 11 is 1.45. The van der Waals surface area contributed by atoms with E-state index in [1.165, 1.54) is 28.2 Å². The van der Waals surface area contributed by atoms with Crippen molar-refractivity contribution in [2.75, 3.05) is 31.1 Å². The number of benzene rings is 2. The second-order valence-electron chi connectivity index (χ2n) is 9.85. The molecule has 1 aliphatic heterocycles. The maximum absolute atomic E-state index is 12.8. The third kappa shape index (κ3) is 8.14. The van der Waals surface area contributed by atoms with Gasteiger partial charge in [-0.3, -0.25) is 9.69 Å². The molecule has 6 nitrogen and oxygen atoms in total. The first kappa shape index (κ1) is 26.3. The van der Waals surface area contributed by atoms with E-state index >= 15 is 0 Å². The Kier molecular flexibility index (Phi) is 9.87. The van der Waals surface area contributed by atoms with Gasteiger partial charge in [0.15, 0.2) is 0 Å². The number of hydrogen-bond donors (Lipinski definition) is 1. The number of anilines is 1. The predicted molar refractivity (Wildman–Crippen MR) is 149 cm³/mol. The van der Waals surface area contributed by atoms with E-state index < -0.39 is 0 Å². The van der Waals surface area contributed by atoms with Crippen LogP contribution in [-0.2, 0) is 17.8 Å². The van der Waals surface area contributed by atoms with Crippen molar-refractivity contribution in [1.29, 1.82) is 0 Å². The van der Waals surface area contributed by atoms with E-state index in [0.717, 1.165) is 69.2 Å². The van der Waals surface area contributed by atoms with E-state index in [0.29, 0.717) is 13.0 Å². The normalized spacial score (nSPS) is 14.6. The fraction of sp³-hybridized carbons (Fsp3) is 0.483. The van der Waals surface area contributed by atoms with E-state index in [1.54, 1.807) is 0 Å². The molecule has 0 radical (unpaired) electrons. The standard InChI is InChI=1S/C29H39N5OS/c1-3-4-17-34(29-31-27(32-36-29)21-24-12-10-23(2)11-13-24)20-16-28(35)30-26-14-18-33(19-15-26)22-25-8-6-5-7-9-25/h5-13,26H,3-4,14-22H2,1-2H3,(H,30,35). The summed E-state index contributed by atoms with van der Waals surface area (Å²) in [5.74, 6) is 0.995. The van der Waals surface area contributed by atoms with Crippen molar-refractivity contribution in [2.24, 2.45) is 0 Å². The van der Waals surface area contributed by atoms with Gasteiger partial charge in [-0.1, -0.05) is 73.5 Å². The van der Waals surface area contributed by atoms with Crippen LogP contribution in [0.25, 0.3) is 0 Å². The fourth-order valence-corrected chi connectivity index (χ4v) is 5.34. The van der Waals surface area contributed by atoms with E-state index in [9.17, 15) is 4.79 Å². The summed E-state index contributed by atoms with van der Waals surface area (Å²) in [6.45, 7) is 8.91. The average Bonchev–Trinajstić information content (AvgIpc) is 3.35. The number of piperidine rings is 1. The number of nitrogens with zero attached hydrogens (tertiary/aromatic N) is 4. The van der Waals surface area contributed by atoms with Crippen molar-refractivity contribution in [1.82, 2.24) is 19.6 Å². The van der Waals surface area contributed by atoms with Gasteiger partial charge in [0, 0.05) is 63.1 Å². The van der Waals surface area contributed by atoms with Crippen LogP contribution >= 0.6 is 11.5 Å². The summed E-state index contributed by atoms with van der Waals surface area (Å²) in [5, 5.41) is 4.21. The molecule has 0 bridgehead atoms. The van der Waals surface area contributed by atoms with Gasteiger partial charge in [-0.05, 0) is 37.3 Å². The predicted octanol–water partition coefficient (Wildman–Crippen LogP) is 5.21. The second-order valence-corrected chi connectivity index (χ2v) is 10.6. The van der Waals surface area contributed by atoms with E-state index in [2.05, 4.69) is 87.9 Å². The summed E-state index contributed by atoms with van der Waals surface area (Å²) < 4.78 is 4.60. The minimum atomic E-state index is 0.141. The monoisotopic (exact) mass is 505 g/mol. The topological polar surface area (TPSA) is 61.4 Å². The van der Waals surface area contributed by atoms with Gasteiger partial charge in [0.25, 0.3) is 0 Å². The molecule has 1 fully saturated rings. The van der Waals surface area contributed by atoms with Crippen LogP contribution in [-0.4, -0.2) is 52.4 Å². The summed E-state index contributed by atoms with van der Waals surface area (Å²) in [4.78, 5) is 22.3. The quantitative estimate of drug-likeness (QED) is 0.366. The Morgan fingerprint density at radius 3 is 2.53 bits per heavy atom. The first-order chi connectivity index (χ1) is 17.6. The van der Waals surface area contributed by atoms with Gasteiger partial charge in [-0.2, -0.15) is 4.37 Å². The molecule has 192 valence electrons. The molecule has 0 unspecified atom stereocenters. The molecule has 0 aliphatic carbocycles. The largest absolute Gasteiger partial charge is 0.353 e. The van der Waals surface area contributed by atoms with Crippen LogP contribution in [0.3, 0.4) is 0 Å². The number of nitrogens with one attached hydrogen (secondary N) is 1. The number of aryl methyl sites for hydroxylation is 1. The number of aromatic nitrogens is 2. The smallest absolute Gasteiger partial charge is 0.221 e. The van der Waals surface area contributed by atoms with Crippen molar-refractivity contribution in [2.45, 2.75) is 65.0 Å². The fourth-order valence-electron chi connectivity index (χ4n) is 4.60. The number of unbranched alkanes of at least 4 members (excludes halogenated alkanes) is 1. The number of likely N-dealkylation sites (tertiary alicyclic amines) is 1. The lowest BCUT2D eigenvalue weighted by molar-refractivity contribution is -0.121. The molecule has 0 atom stereocenters. The van der Waals surface area contributed by atoms with Crippen molar-refractivity contribution in [3.8, 4) is 0 Å². The molecule has 36 heavy (non-hydrogen) atoms. The van der Waals surface area contributed by atoms with E-state index in [4.69, 9.17) is 4.98 Å². The first-order valence-corrected chi connectivity index (χ1v) is 14.0. The van der Waals surface area contributed by atoms with Crippen LogP contribution in [0.4, 0.5) is 5.13 Å². The molecule has 4 rings (SSSR count). The zero-order valence-electron chi connectivity index (χ0n) is 21.7. The third-order valence-corrected chi connectivity index (χ3v) is 7.62. The summed E-state index contributed by atoms with van der Waals surface area (Å²) in [7, 11) is 0. The molecule has 1 N–H and O–H groups in total. The zero-order chi connectivity index (χ0) is 25.2. The Hall–Kier alpha value is -2.77. The van der Waals surface area contributed by atoms with Crippen LogP contribution < -0.4 is 10.2 Å². The molecule has 1 saturated heterocycles. The lowest BCUT2D eigenvalue weighted by atomic mass is 10.0. The Morgan fingerprint density at radius 2 is 1.81 bits per heavy atom. The van der Waals surface area contributed by atoms with Crippen LogP contribution in [0.15, 0.2) is 54.6 Å². The molecule has 2 heterocycles. The van der Waals surface area contributed by atoms with Crippen LogP contribution in [0.5, 0.6) is 0 Å². The Balaban J connectivity index is 1.23. The Bertz CT molecular complexity index is 1060. The SMILES string of the molecule is CCCCN(CCC(=O)NC1CCN(Cc2ccccc2)CC1)c1nc(Cc2ccc(C)cc2)ns1. The van der Waals surface area contributed by atoms with Gasteiger partial charge >= 0.3 is 0 Å². The summed E-state index contributed by atoms with van der Waals surface area (Å²) in [6.07, 6.45) is 5.43. The second kappa shape index (κ2) is 13.5. The third-order valence-electron chi connectivity index (χ3n) is 6.80. The van der Waals surface area contributed by atoms with Gasteiger partial charge in [0.1, 0.15) is 5.82 Å². The molecule has 3 aromatic rings. The zero-order valence-corrected chi connectivity index (χ0v) is 22.5. The van der Waals surface area contributed by atoms with Gasteiger partial charge in [-0.25, -0.2) is 4.98 Å². The minimum absolute atomic E-state index is 0.141. The highest BCUT2D eigenvalue weighted by atomic mass is 32.1. The van der Waals surface area contributed by atoms with Gasteiger partial charge in [-0.15, -0.1) is 0 Å². The highest BCUT2D eigenvalue weighted by Gasteiger charge is 2.21. The molecule has 0 saturated carbocycles. The molecular weight excluding hydrogens is 466 g/mol. The number of hydrogen-bond acceptors (Lipinski definition) is 6. The van der Waals surface area contributed by atoms with Crippen LogP contribution in [0.1, 0.15) is 61.5 Å². The van der Waals surface area contributed by atoms with Crippen molar-refractivity contribution < 1.29 is 4.79 Å². The summed E-state index contributed by atoms with van der Waals surface area (Å²) in [5.41, 5.74) is 3.83. The molecule has 1 aliphatic rings. The Labute approximate surface area is 219 Å². The Morgan fingerprint density at radius 1 is 1.06 bits per heavy atom. The lowest BCUT2D eigenvalue weighted by Gasteiger charge is -2.32. The summed E-state index contributed by atoms with van der Waals surface area (Å²) in [6, 6.07) is 19.4. The van der Waals surface area contributed by atoms with E-state index in [-0.39, 0.29) is 11.9 Å². The molecule has 0 spiro atoms. The number of amides is 1. The van der Waals surface area contributed by atoms with Gasteiger partial charge < -0.3 is 10.2 Å². The first-order valence-electron chi connectivity index (χ1n) is 13.3. The number of carbonyl (C=O) groups excluding carboxylic acids is 1.